The molecule has 2 amide bonds. The normalized spacial score (nSPS) is 16.2. The molecule has 0 radical (unpaired) electrons. The minimum atomic E-state index is -0.0170. The maximum absolute atomic E-state index is 11.9. The lowest BCUT2D eigenvalue weighted by atomic mass is 10.2. The monoisotopic (exact) mass is 323 g/mol. The molecule has 2 heterocycles. The van der Waals surface area contributed by atoms with E-state index in [0.717, 1.165) is 12.2 Å². The summed E-state index contributed by atoms with van der Waals surface area (Å²) in [6.45, 7) is 1.97. The highest BCUT2D eigenvalue weighted by atomic mass is 16.5. The summed E-state index contributed by atoms with van der Waals surface area (Å²) in [4.78, 5) is 13.7. The molecule has 2 aliphatic rings. The van der Waals surface area contributed by atoms with Crippen LogP contribution in [0.3, 0.4) is 0 Å². The van der Waals surface area contributed by atoms with Crippen LogP contribution in [-0.2, 0) is 0 Å². The van der Waals surface area contributed by atoms with E-state index in [0.29, 0.717) is 19.6 Å². The van der Waals surface area contributed by atoms with E-state index in [2.05, 4.69) is 5.10 Å². The Labute approximate surface area is 142 Å². The molecule has 124 valence electrons. The molecule has 0 unspecified atom stereocenters. The first-order valence-electron chi connectivity index (χ1n) is 8.13. The Morgan fingerprint density at radius 2 is 1.54 bits per heavy atom. The molecular formula is C19H21N3O2. The number of nitrogens with zero attached hydrogens (tertiary/aromatic N) is 3. The quantitative estimate of drug-likeness (QED) is 0.851. The summed E-state index contributed by atoms with van der Waals surface area (Å²) in [7, 11) is 0. The van der Waals surface area contributed by atoms with Crippen molar-refractivity contribution in [2.45, 2.75) is 12.5 Å². The lowest BCUT2D eigenvalue weighted by Gasteiger charge is -2.39. The molecule has 0 aliphatic carbocycles. The van der Waals surface area contributed by atoms with Crippen LogP contribution < -0.4 is 4.74 Å². The molecule has 0 bridgehead atoms. The molecule has 24 heavy (non-hydrogen) atoms. The molecule has 2 aromatic rings. The Balaban J connectivity index is 0.000000238. The molecule has 0 spiro atoms. The fraction of sp³-hybridized carbons (Fsp3) is 0.263. The number of hydrazone groups is 1. The minimum absolute atomic E-state index is 0.0170. The van der Waals surface area contributed by atoms with Crippen LogP contribution in [0.25, 0.3) is 0 Å². The summed E-state index contributed by atoms with van der Waals surface area (Å²) in [5, 5.41) is 5.54. The number of ether oxygens (including phenoxy) is 1. The molecule has 1 saturated heterocycles. The highest BCUT2D eigenvalue weighted by molar-refractivity contribution is 5.78. The molecule has 0 saturated carbocycles. The standard InChI is InChI=1S/C13H15N3O2.C6H6/c17-13(16-8-4-7-14-16)15-9-12(10-15)18-11-5-2-1-3-6-11;1-2-4-6-5-3-1/h1-3,5-7,12H,4,8-10H2;1-6H. The SMILES string of the molecule is O=C(N1CC(Oc2ccccc2)C1)N1CCC=N1.c1ccccc1. The van der Waals surface area contributed by atoms with Gasteiger partial charge in [0.1, 0.15) is 11.9 Å². The number of rotatable bonds is 2. The van der Waals surface area contributed by atoms with Crippen molar-refractivity contribution >= 4 is 12.2 Å². The van der Waals surface area contributed by atoms with Gasteiger partial charge in [0.05, 0.1) is 19.6 Å². The number of carbonyl (C=O) groups is 1. The lowest BCUT2D eigenvalue weighted by molar-refractivity contribution is 0.0322. The van der Waals surface area contributed by atoms with E-state index < -0.39 is 0 Å². The zero-order chi connectivity index (χ0) is 16.6. The maximum Gasteiger partial charge on any atom is 0.340 e. The van der Waals surface area contributed by atoms with E-state index in [1.165, 1.54) is 5.01 Å². The highest BCUT2D eigenvalue weighted by Crippen LogP contribution is 2.19. The largest absolute Gasteiger partial charge is 0.487 e. The second-order valence-electron chi connectivity index (χ2n) is 5.61. The average Bonchev–Trinajstić information content (AvgIpc) is 3.15. The Kier molecular flexibility index (Phi) is 5.45. The number of likely N-dealkylation sites (tertiary alicyclic amines) is 1. The van der Waals surface area contributed by atoms with Gasteiger partial charge in [0.15, 0.2) is 0 Å². The fourth-order valence-corrected chi connectivity index (χ4v) is 2.45. The maximum atomic E-state index is 11.9. The summed E-state index contributed by atoms with van der Waals surface area (Å²) >= 11 is 0. The number of hydrogen-bond donors (Lipinski definition) is 0. The van der Waals surface area contributed by atoms with Gasteiger partial charge in [-0.1, -0.05) is 54.6 Å². The van der Waals surface area contributed by atoms with Crippen molar-refractivity contribution in [3.05, 3.63) is 66.7 Å². The average molecular weight is 323 g/mol. The third-order valence-corrected chi connectivity index (χ3v) is 3.74. The molecule has 0 aromatic heterocycles. The Morgan fingerprint density at radius 3 is 2.08 bits per heavy atom. The Morgan fingerprint density at radius 1 is 0.958 bits per heavy atom. The van der Waals surface area contributed by atoms with Gasteiger partial charge in [-0.15, -0.1) is 0 Å². The Hall–Kier alpha value is -2.82. The third kappa shape index (κ3) is 4.35. The number of para-hydroxylation sites is 1. The summed E-state index contributed by atoms with van der Waals surface area (Å²) in [6, 6.07) is 21.7. The number of amides is 2. The van der Waals surface area contributed by atoms with Gasteiger partial charge >= 0.3 is 6.03 Å². The van der Waals surface area contributed by atoms with E-state index in [1.807, 2.05) is 66.7 Å². The van der Waals surface area contributed by atoms with Crippen LogP contribution in [0.4, 0.5) is 4.79 Å². The van der Waals surface area contributed by atoms with Crippen molar-refractivity contribution in [3.63, 3.8) is 0 Å². The van der Waals surface area contributed by atoms with Crippen LogP contribution in [-0.4, -0.2) is 47.9 Å². The van der Waals surface area contributed by atoms with Crippen molar-refractivity contribution in [1.82, 2.24) is 9.91 Å². The van der Waals surface area contributed by atoms with Crippen LogP contribution in [0, 0.1) is 0 Å². The second-order valence-corrected chi connectivity index (χ2v) is 5.61. The predicted octanol–water partition coefficient (Wildman–Crippen LogP) is 3.25. The molecule has 0 atom stereocenters. The zero-order valence-corrected chi connectivity index (χ0v) is 13.5. The first-order valence-corrected chi connectivity index (χ1v) is 8.13. The smallest absolute Gasteiger partial charge is 0.340 e. The van der Waals surface area contributed by atoms with Crippen LogP contribution in [0.2, 0.25) is 0 Å². The van der Waals surface area contributed by atoms with Gasteiger partial charge in [0, 0.05) is 12.6 Å². The summed E-state index contributed by atoms with van der Waals surface area (Å²) in [5.41, 5.74) is 0. The van der Waals surface area contributed by atoms with Gasteiger partial charge in [-0.05, 0) is 12.1 Å². The summed E-state index contributed by atoms with van der Waals surface area (Å²) in [5.74, 6) is 0.855. The van der Waals surface area contributed by atoms with Crippen LogP contribution >= 0.6 is 0 Å². The highest BCUT2D eigenvalue weighted by Gasteiger charge is 2.35. The molecule has 1 fully saturated rings. The van der Waals surface area contributed by atoms with Crippen molar-refractivity contribution in [3.8, 4) is 5.75 Å². The van der Waals surface area contributed by atoms with E-state index in [9.17, 15) is 4.79 Å². The van der Waals surface area contributed by atoms with Gasteiger partial charge in [-0.25, -0.2) is 9.80 Å². The molecule has 2 aromatic carbocycles. The van der Waals surface area contributed by atoms with Crippen molar-refractivity contribution < 1.29 is 9.53 Å². The number of urea groups is 1. The van der Waals surface area contributed by atoms with Crippen molar-refractivity contribution in [1.29, 1.82) is 0 Å². The first-order chi connectivity index (χ1) is 11.8. The molecule has 5 heteroatoms. The zero-order valence-electron chi connectivity index (χ0n) is 13.5. The molecule has 0 N–H and O–H groups in total. The van der Waals surface area contributed by atoms with Crippen molar-refractivity contribution in [2.75, 3.05) is 19.6 Å². The molecule has 5 nitrogen and oxygen atoms in total. The van der Waals surface area contributed by atoms with E-state index in [1.54, 1.807) is 11.1 Å². The van der Waals surface area contributed by atoms with Gasteiger partial charge < -0.3 is 9.64 Å². The predicted molar refractivity (Wildman–Crippen MR) is 94.1 cm³/mol. The lowest BCUT2D eigenvalue weighted by Crippen LogP contribution is -2.58. The van der Waals surface area contributed by atoms with Crippen LogP contribution in [0.1, 0.15) is 6.42 Å². The third-order valence-electron chi connectivity index (χ3n) is 3.74. The van der Waals surface area contributed by atoms with Gasteiger partial charge in [0.25, 0.3) is 0 Å². The Bertz CT molecular complexity index is 628. The van der Waals surface area contributed by atoms with Gasteiger partial charge in [-0.3, -0.25) is 0 Å². The van der Waals surface area contributed by atoms with Crippen molar-refractivity contribution in [2.24, 2.45) is 5.10 Å². The van der Waals surface area contributed by atoms with E-state index in [4.69, 9.17) is 4.74 Å². The van der Waals surface area contributed by atoms with Gasteiger partial charge in [0.2, 0.25) is 0 Å². The molecule has 4 rings (SSSR count). The topological polar surface area (TPSA) is 45.1 Å². The second kappa shape index (κ2) is 8.15. The molecular weight excluding hydrogens is 302 g/mol. The van der Waals surface area contributed by atoms with Crippen LogP contribution in [0.15, 0.2) is 71.8 Å². The van der Waals surface area contributed by atoms with Gasteiger partial charge in [-0.2, -0.15) is 5.10 Å². The van der Waals surface area contributed by atoms with E-state index >= 15 is 0 Å². The summed E-state index contributed by atoms with van der Waals surface area (Å²) < 4.78 is 5.74. The molecule has 2 aliphatic heterocycles. The minimum Gasteiger partial charge on any atom is -0.487 e. The summed E-state index contributed by atoms with van der Waals surface area (Å²) in [6.07, 6.45) is 2.72. The van der Waals surface area contributed by atoms with Crippen LogP contribution in [0.5, 0.6) is 5.75 Å². The first kappa shape index (κ1) is 16.1. The fourth-order valence-electron chi connectivity index (χ4n) is 2.45. The number of benzene rings is 2. The number of hydrogen-bond acceptors (Lipinski definition) is 3. The number of carbonyl (C=O) groups excluding carboxylic acids is 1. The van der Waals surface area contributed by atoms with E-state index in [-0.39, 0.29) is 12.1 Å².